The molecule has 1 heterocycles. The second kappa shape index (κ2) is 10.5. The maximum Gasteiger partial charge on any atom is 0.264 e. The summed E-state index contributed by atoms with van der Waals surface area (Å²) in [6.07, 6.45) is 0.757. The van der Waals surface area contributed by atoms with Crippen molar-refractivity contribution >= 4 is 17.5 Å². The van der Waals surface area contributed by atoms with Gasteiger partial charge in [0.25, 0.3) is 11.8 Å². The molecule has 5 heteroatoms. The molecule has 1 atom stereocenters. The third-order valence-corrected chi connectivity index (χ3v) is 6.62. The van der Waals surface area contributed by atoms with Crippen LogP contribution in [0, 0.1) is 0 Å². The fourth-order valence-corrected chi connectivity index (χ4v) is 4.68. The number of hydrogen-bond acceptors (Lipinski definition) is 3. The van der Waals surface area contributed by atoms with Gasteiger partial charge in [0.05, 0.1) is 6.04 Å². The van der Waals surface area contributed by atoms with Crippen LogP contribution in [-0.4, -0.2) is 36.9 Å². The van der Waals surface area contributed by atoms with Crippen molar-refractivity contribution in [2.75, 3.05) is 25.1 Å². The number of fused-ring (bicyclic) bond motifs is 1. The Hall–Kier alpha value is -4.38. The van der Waals surface area contributed by atoms with Crippen molar-refractivity contribution in [2.24, 2.45) is 0 Å². The Morgan fingerprint density at radius 2 is 1.50 bits per heavy atom. The van der Waals surface area contributed by atoms with Crippen molar-refractivity contribution in [2.45, 2.75) is 12.5 Å². The van der Waals surface area contributed by atoms with E-state index in [1.54, 1.807) is 11.9 Å². The second-order valence-electron chi connectivity index (χ2n) is 8.87. The molecule has 0 radical (unpaired) electrons. The van der Waals surface area contributed by atoms with E-state index in [4.69, 9.17) is 4.74 Å². The lowest BCUT2D eigenvalue weighted by molar-refractivity contribution is -0.120. The molecule has 0 aromatic heterocycles. The number of ether oxygens (including phenoxy) is 1. The van der Waals surface area contributed by atoms with Crippen molar-refractivity contribution in [3.8, 4) is 5.75 Å². The first-order valence-electron chi connectivity index (χ1n) is 12.1. The molecule has 5 rings (SSSR count). The molecule has 0 saturated heterocycles. The van der Waals surface area contributed by atoms with Crippen LogP contribution in [-0.2, 0) is 11.2 Å². The topological polar surface area (TPSA) is 49.9 Å². The maximum atomic E-state index is 13.5. The smallest absolute Gasteiger partial charge is 0.264 e. The van der Waals surface area contributed by atoms with Gasteiger partial charge in [-0.05, 0) is 59.5 Å². The normalized spacial score (nSPS) is 14.6. The summed E-state index contributed by atoms with van der Waals surface area (Å²) in [5.41, 5.74) is 4.73. The van der Waals surface area contributed by atoms with Gasteiger partial charge >= 0.3 is 0 Å². The number of nitrogens with zero attached hydrogens (tertiary/aromatic N) is 2. The lowest BCUT2D eigenvalue weighted by Crippen LogP contribution is -2.40. The Balaban J connectivity index is 1.42. The molecule has 0 spiro atoms. The van der Waals surface area contributed by atoms with Gasteiger partial charge in [-0.1, -0.05) is 72.8 Å². The Morgan fingerprint density at radius 1 is 0.861 bits per heavy atom. The van der Waals surface area contributed by atoms with E-state index in [0.29, 0.717) is 17.9 Å². The van der Waals surface area contributed by atoms with Crippen LogP contribution >= 0.6 is 0 Å². The lowest BCUT2D eigenvalue weighted by Gasteiger charge is -2.38. The summed E-state index contributed by atoms with van der Waals surface area (Å²) >= 11 is 0. The highest BCUT2D eigenvalue weighted by molar-refractivity contribution is 5.95. The largest absolute Gasteiger partial charge is 0.484 e. The lowest BCUT2D eigenvalue weighted by atomic mass is 9.87. The number of likely N-dealkylation sites (N-methyl/N-ethyl adjacent to an activating group) is 1. The SMILES string of the molecule is CN(C(=O)COc1ccc2c(c1)C(c1ccccc1)N(C(=O)c1ccccc1)CC2)c1ccccc1. The molecular formula is C31H28N2O3. The van der Waals surface area contributed by atoms with Crippen LogP contribution in [0.15, 0.2) is 109 Å². The van der Waals surface area contributed by atoms with Crippen molar-refractivity contribution in [3.05, 3.63) is 131 Å². The first-order chi connectivity index (χ1) is 17.6. The maximum absolute atomic E-state index is 13.5. The summed E-state index contributed by atoms with van der Waals surface area (Å²) in [7, 11) is 1.74. The number of carbonyl (C=O) groups is 2. The highest BCUT2D eigenvalue weighted by Gasteiger charge is 2.33. The van der Waals surface area contributed by atoms with Crippen LogP contribution < -0.4 is 9.64 Å². The van der Waals surface area contributed by atoms with Gasteiger partial charge in [0.1, 0.15) is 5.75 Å². The molecule has 1 unspecified atom stereocenters. The third kappa shape index (κ3) is 4.86. The predicted molar refractivity (Wildman–Crippen MR) is 141 cm³/mol. The summed E-state index contributed by atoms with van der Waals surface area (Å²) < 4.78 is 5.95. The third-order valence-electron chi connectivity index (χ3n) is 6.62. The van der Waals surface area contributed by atoms with Crippen LogP contribution in [0.2, 0.25) is 0 Å². The summed E-state index contributed by atoms with van der Waals surface area (Å²) in [4.78, 5) is 29.8. The minimum Gasteiger partial charge on any atom is -0.484 e. The number of rotatable bonds is 6. The monoisotopic (exact) mass is 476 g/mol. The molecule has 0 N–H and O–H groups in total. The van der Waals surface area contributed by atoms with Crippen molar-refractivity contribution in [1.29, 1.82) is 0 Å². The zero-order chi connectivity index (χ0) is 24.9. The molecule has 5 nitrogen and oxygen atoms in total. The van der Waals surface area contributed by atoms with Gasteiger partial charge in [-0.2, -0.15) is 0 Å². The van der Waals surface area contributed by atoms with Crippen molar-refractivity contribution in [3.63, 3.8) is 0 Å². The summed E-state index contributed by atoms with van der Waals surface area (Å²) in [5, 5.41) is 0. The standard InChI is InChI=1S/C31H28N2O3/c1-32(26-15-9-4-10-16-26)29(34)22-36-27-18-17-23-19-20-33(31(35)25-13-7-3-8-14-25)30(28(23)21-27)24-11-5-2-6-12-24/h2-18,21,30H,19-20,22H2,1H3. The Kier molecular flexibility index (Phi) is 6.80. The van der Waals surface area contributed by atoms with Crippen LogP contribution in [0.3, 0.4) is 0 Å². The highest BCUT2D eigenvalue weighted by atomic mass is 16.5. The molecular weight excluding hydrogens is 448 g/mol. The highest BCUT2D eigenvalue weighted by Crippen LogP contribution is 2.38. The average molecular weight is 477 g/mol. The number of amides is 2. The minimum atomic E-state index is -0.242. The van der Waals surface area contributed by atoms with Crippen molar-refractivity contribution in [1.82, 2.24) is 4.90 Å². The molecule has 0 fully saturated rings. The molecule has 4 aromatic rings. The van der Waals surface area contributed by atoms with Gasteiger partial charge in [0.2, 0.25) is 0 Å². The van der Waals surface area contributed by atoms with Gasteiger partial charge in [-0.25, -0.2) is 0 Å². The number of para-hydroxylation sites is 1. The zero-order valence-electron chi connectivity index (χ0n) is 20.2. The molecule has 0 saturated carbocycles. The predicted octanol–water partition coefficient (Wildman–Crippen LogP) is 5.52. The van der Waals surface area contributed by atoms with E-state index in [2.05, 4.69) is 18.2 Å². The fourth-order valence-electron chi connectivity index (χ4n) is 4.68. The van der Waals surface area contributed by atoms with Crippen LogP contribution in [0.5, 0.6) is 5.75 Å². The van der Waals surface area contributed by atoms with E-state index < -0.39 is 0 Å². The van der Waals surface area contributed by atoms with E-state index in [1.165, 1.54) is 5.56 Å². The number of anilines is 1. The molecule has 180 valence electrons. The summed E-state index contributed by atoms with van der Waals surface area (Å²) in [5.74, 6) is 0.471. The molecule has 0 aliphatic carbocycles. The molecule has 1 aliphatic heterocycles. The first-order valence-corrected chi connectivity index (χ1v) is 12.1. The Bertz CT molecular complexity index is 1340. The van der Waals surface area contributed by atoms with Crippen LogP contribution in [0.4, 0.5) is 5.69 Å². The first kappa shape index (κ1) is 23.4. The van der Waals surface area contributed by atoms with Gasteiger partial charge in [-0.15, -0.1) is 0 Å². The fraction of sp³-hybridized carbons (Fsp3) is 0.161. The molecule has 4 aromatic carbocycles. The molecule has 2 amide bonds. The Morgan fingerprint density at radius 3 is 2.19 bits per heavy atom. The molecule has 1 aliphatic rings. The van der Waals surface area contributed by atoms with Crippen LogP contribution in [0.25, 0.3) is 0 Å². The van der Waals surface area contributed by atoms with Gasteiger partial charge in [0, 0.05) is 24.8 Å². The Labute approximate surface area is 211 Å². The molecule has 0 bridgehead atoms. The number of benzene rings is 4. The van der Waals surface area contributed by atoms with Crippen molar-refractivity contribution < 1.29 is 14.3 Å². The summed E-state index contributed by atoms with van der Waals surface area (Å²) in [6, 6.07) is 34.7. The van der Waals surface area contributed by atoms with E-state index in [1.807, 2.05) is 95.9 Å². The summed E-state index contributed by atoms with van der Waals surface area (Å²) in [6.45, 7) is 0.549. The van der Waals surface area contributed by atoms with E-state index in [0.717, 1.165) is 23.2 Å². The van der Waals surface area contributed by atoms with E-state index >= 15 is 0 Å². The average Bonchev–Trinajstić information content (AvgIpc) is 2.95. The number of carbonyl (C=O) groups excluding carboxylic acids is 2. The van der Waals surface area contributed by atoms with E-state index in [-0.39, 0.29) is 24.5 Å². The molecule has 36 heavy (non-hydrogen) atoms. The van der Waals surface area contributed by atoms with Gasteiger partial charge in [-0.3, -0.25) is 9.59 Å². The van der Waals surface area contributed by atoms with E-state index in [9.17, 15) is 9.59 Å². The second-order valence-corrected chi connectivity index (χ2v) is 8.87. The van der Waals surface area contributed by atoms with Crippen LogP contribution in [0.1, 0.15) is 33.1 Å². The zero-order valence-corrected chi connectivity index (χ0v) is 20.2. The van der Waals surface area contributed by atoms with Gasteiger partial charge in [0.15, 0.2) is 6.61 Å². The quantitative estimate of drug-likeness (QED) is 0.368. The minimum absolute atomic E-state index is 0.00101. The van der Waals surface area contributed by atoms with Gasteiger partial charge < -0.3 is 14.5 Å². The number of hydrogen-bond donors (Lipinski definition) is 0.